The van der Waals surface area contributed by atoms with E-state index >= 15 is 0 Å². The molecule has 0 saturated carbocycles. The molecule has 1 aromatic heterocycles. The van der Waals surface area contributed by atoms with Gasteiger partial charge in [0, 0.05) is 16.1 Å². The molecule has 0 bridgehead atoms. The monoisotopic (exact) mass is 282 g/mol. The second-order valence-electron chi connectivity index (χ2n) is 3.71. The number of carbonyl (C=O) groups excluding carboxylic acids is 1. The van der Waals surface area contributed by atoms with Gasteiger partial charge in [0.25, 0.3) is 5.91 Å². The van der Waals surface area contributed by atoms with Crippen LogP contribution < -0.4 is 5.32 Å². The van der Waals surface area contributed by atoms with Gasteiger partial charge in [0.15, 0.2) is 0 Å². The van der Waals surface area contributed by atoms with Gasteiger partial charge in [0.2, 0.25) is 0 Å². The molecule has 0 aliphatic rings. The molecule has 0 aliphatic heterocycles. The Morgan fingerprint density at radius 3 is 3.00 bits per heavy atom. The van der Waals surface area contributed by atoms with Crippen molar-refractivity contribution >= 4 is 28.8 Å². The maximum Gasteiger partial charge on any atom is 0.255 e. The molecule has 94 valence electrons. The molecule has 2 N–H and O–H groups in total. The van der Waals surface area contributed by atoms with E-state index in [-0.39, 0.29) is 17.2 Å². The van der Waals surface area contributed by atoms with Gasteiger partial charge in [0.1, 0.15) is 10.8 Å². The fraction of sp³-hybridized carbons (Fsp3) is 0.167. The molecule has 1 amide bonds. The summed E-state index contributed by atoms with van der Waals surface area (Å²) in [6.45, 7) is 2.29. The second kappa shape index (κ2) is 5.37. The van der Waals surface area contributed by atoms with E-state index in [0.717, 1.165) is 9.88 Å². The Hall–Kier alpha value is -1.59. The van der Waals surface area contributed by atoms with Crippen molar-refractivity contribution in [3.05, 3.63) is 44.9 Å². The highest BCUT2D eigenvalue weighted by Gasteiger charge is 2.11. The topological polar surface area (TPSA) is 62.2 Å². The number of benzene rings is 1. The number of aromatic hydroxyl groups is 1. The Kier molecular flexibility index (Phi) is 3.84. The van der Waals surface area contributed by atoms with Crippen molar-refractivity contribution in [1.29, 1.82) is 0 Å². The summed E-state index contributed by atoms with van der Waals surface area (Å²) >= 11 is 7.30. The van der Waals surface area contributed by atoms with Crippen LogP contribution in [0.15, 0.2) is 24.4 Å². The largest absolute Gasteiger partial charge is 0.507 e. The molecule has 0 saturated heterocycles. The smallest absolute Gasteiger partial charge is 0.255 e. The number of thiazole rings is 1. The van der Waals surface area contributed by atoms with Crippen LogP contribution in [0.2, 0.25) is 5.02 Å². The highest BCUT2D eigenvalue weighted by Crippen LogP contribution is 2.21. The third kappa shape index (κ3) is 3.00. The number of nitrogens with zero attached hydrogens (tertiary/aromatic N) is 1. The molecule has 1 aromatic carbocycles. The van der Waals surface area contributed by atoms with Crippen molar-refractivity contribution in [2.75, 3.05) is 0 Å². The fourth-order valence-electron chi connectivity index (χ4n) is 1.42. The van der Waals surface area contributed by atoms with Gasteiger partial charge in [-0.1, -0.05) is 11.6 Å². The number of amides is 1. The number of aromatic nitrogens is 1. The molecule has 2 rings (SSSR count). The maximum absolute atomic E-state index is 11.8. The minimum absolute atomic E-state index is 0.0905. The van der Waals surface area contributed by atoms with E-state index in [4.69, 9.17) is 11.6 Å². The second-order valence-corrected chi connectivity index (χ2v) is 5.46. The quantitative estimate of drug-likeness (QED) is 0.910. The van der Waals surface area contributed by atoms with Crippen LogP contribution in [0.25, 0.3) is 0 Å². The molecule has 18 heavy (non-hydrogen) atoms. The number of hydrogen-bond donors (Lipinski definition) is 2. The standard InChI is InChI=1S/C12H11ClN2O2S/c1-7-5-14-11(18-7)6-15-12(17)9-4-8(13)2-3-10(9)16/h2-5,16H,6H2,1H3,(H,15,17). The lowest BCUT2D eigenvalue weighted by molar-refractivity contribution is 0.0948. The van der Waals surface area contributed by atoms with Crippen molar-refractivity contribution in [2.24, 2.45) is 0 Å². The Bertz CT molecular complexity index is 583. The van der Waals surface area contributed by atoms with Gasteiger partial charge in [0.05, 0.1) is 12.1 Å². The molecule has 0 atom stereocenters. The Balaban J connectivity index is 2.05. The minimum Gasteiger partial charge on any atom is -0.507 e. The number of aryl methyl sites for hydroxylation is 1. The third-order valence-corrected chi connectivity index (χ3v) is 3.42. The van der Waals surface area contributed by atoms with Gasteiger partial charge >= 0.3 is 0 Å². The number of halogens is 1. The fourth-order valence-corrected chi connectivity index (χ4v) is 2.32. The van der Waals surface area contributed by atoms with Crippen LogP contribution in [0.5, 0.6) is 5.75 Å². The predicted octanol–water partition coefficient (Wildman–Crippen LogP) is 2.74. The molecule has 0 radical (unpaired) electrons. The third-order valence-electron chi connectivity index (χ3n) is 2.27. The lowest BCUT2D eigenvalue weighted by atomic mass is 10.2. The van der Waals surface area contributed by atoms with Crippen molar-refractivity contribution in [3.8, 4) is 5.75 Å². The van der Waals surface area contributed by atoms with Crippen molar-refractivity contribution in [2.45, 2.75) is 13.5 Å². The first-order chi connectivity index (χ1) is 8.56. The van der Waals surface area contributed by atoms with Crippen molar-refractivity contribution < 1.29 is 9.90 Å². The summed E-state index contributed by atoms with van der Waals surface area (Å²) in [5.41, 5.74) is 0.163. The van der Waals surface area contributed by atoms with Crippen molar-refractivity contribution in [1.82, 2.24) is 10.3 Å². The normalized spacial score (nSPS) is 10.3. The molecule has 1 heterocycles. The van der Waals surface area contributed by atoms with Gasteiger partial charge in [-0.05, 0) is 25.1 Å². The van der Waals surface area contributed by atoms with Crippen LogP contribution in [-0.2, 0) is 6.54 Å². The summed E-state index contributed by atoms with van der Waals surface area (Å²) in [5, 5.41) is 13.5. The molecule has 0 fully saturated rings. The summed E-state index contributed by atoms with van der Waals surface area (Å²) in [5.74, 6) is -0.463. The molecular formula is C12H11ClN2O2S. The van der Waals surface area contributed by atoms with Crippen LogP contribution >= 0.6 is 22.9 Å². The van der Waals surface area contributed by atoms with E-state index < -0.39 is 0 Å². The van der Waals surface area contributed by atoms with Crippen LogP contribution in [0, 0.1) is 6.92 Å². The average Bonchev–Trinajstić information content (AvgIpc) is 2.75. The molecule has 6 heteroatoms. The zero-order chi connectivity index (χ0) is 13.1. The molecule has 2 aromatic rings. The number of hydrogen-bond acceptors (Lipinski definition) is 4. The van der Waals surface area contributed by atoms with E-state index in [1.807, 2.05) is 6.92 Å². The molecule has 4 nitrogen and oxygen atoms in total. The molecule has 0 aliphatic carbocycles. The SMILES string of the molecule is Cc1cnc(CNC(=O)c2cc(Cl)ccc2O)s1. The van der Waals surface area contributed by atoms with Gasteiger partial charge in [-0.15, -0.1) is 11.3 Å². The summed E-state index contributed by atoms with van der Waals surface area (Å²) in [7, 11) is 0. The summed E-state index contributed by atoms with van der Waals surface area (Å²) < 4.78 is 0. The zero-order valence-corrected chi connectivity index (χ0v) is 11.2. The highest BCUT2D eigenvalue weighted by molar-refractivity contribution is 7.11. The number of phenolic OH excluding ortho intramolecular Hbond substituents is 1. The van der Waals surface area contributed by atoms with E-state index in [0.29, 0.717) is 11.6 Å². The number of phenols is 1. The molecule has 0 unspecified atom stereocenters. The Morgan fingerprint density at radius 1 is 1.56 bits per heavy atom. The predicted molar refractivity (Wildman–Crippen MR) is 71.1 cm³/mol. The van der Waals surface area contributed by atoms with E-state index in [2.05, 4.69) is 10.3 Å². The first-order valence-electron chi connectivity index (χ1n) is 5.24. The van der Waals surface area contributed by atoms with Crippen LogP contribution in [0.4, 0.5) is 0 Å². The van der Waals surface area contributed by atoms with E-state index in [1.54, 1.807) is 6.20 Å². The van der Waals surface area contributed by atoms with E-state index in [9.17, 15) is 9.90 Å². The van der Waals surface area contributed by atoms with Crippen LogP contribution in [-0.4, -0.2) is 16.0 Å². The van der Waals surface area contributed by atoms with Gasteiger partial charge in [-0.2, -0.15) is 0 Å². The Morgan fingerprint density at radius 2 is 2.33 bits per heavy atom. The first kappa shape index (κ1) is 12.9. The van der Waals surface area contributed by atoms with Gasteiger partial charge in [-0.3, -0.25) is 4.79 Å². The number of carbonyl (C=O) groups is 1. The molecule has 0 spiro atoms. The lowest BCUT2D eigenvalue weighted by Crippen LogP contribution is -2.22. The first-order valence-corrected chi connectivity index (χ1v) is 6.44. The molecular weight excluding hydrogens is 272 g/mol. The number of nitrogens with one attached hydrogen (secondary N) is 1. The van der Waals surface area contributed by atoms with Crippen LogP contribution in [0.3, 0.4) is 0 Å². The lowest BCUT2D eigenvalue weighted by Gasteiger charge is -2.05. The zero-order valence-electron chi connectivity index (χ0n) is 9.61. The van der Waals surface area contributed by atoms with Crippen molar-refractivity contribution in [3.63, 3.8) is 0 Å². The summed E-state index contributed by atoms with van der Waals surface area (Å²) in [6, 6.07) is 4.35. The number of rotatable bonds is 3. The maximum atomic E-state index is 11.8. The highest BCUT2D eigenvalue weighted by atomic mass is 35.5. The minimum atomic E-state index is -0.372. The van der Waals surface area contributed by atoms with Gasteiger partial charge < -0.3 is 10.4 Å². The van der Waals surface area contributed by atoms with Gasteiger partial charge in [-0.25, -0.2) is 4.98 Å². The summed E-state index contributed by atoms with van der Waals surface area (Å²) in [4.78, 5) is 17.1. The Labute approximate surface area is 113 Å². The van der Waals surface area contributed by atoms with Crippen LogP contribution in [0.1, 0.15) is 20.2 Å². The van der Waals surface area contributed by atoms with E-state index in [1.165, 1.54) is 29.5 Å². The average molecular weight is 283 g/mol. The summed E-state index contributed by atoms with van der Waals surface area (Å²) in [6.07, 6.45) is 1.75.